The van der Waals surface area contributed by atoms with E-state index < -0.39 is 5.82 Å². The Labute approximate surface area is 121 Å². The van der Waals surface area contributed by atoms with Gasteiger partial charge in [-0.25, -0.2) is 8.78 Å². The fourth-order valence-electron chi connectivity index (χ4n) is 2.00. The number of nitrogens with zero attached hydrogens (tertiary/aromatic N) is 1. The summed E-state index contributed by atoms with van der Waals surface area (Å²) in [7, 11) is 1.74. The topological polar surface area (TPSA) is 29.3 Å². The molecular formula is C15H14F2N2S. The van der Waals surface area contributed by atoms with E-state index in [0.717, 1.165) is 0 Å². The minimum Gasteiger partial charge on any atom is -0.389 e. The highest BCUT2D eigenvalue weighted by atomic mass is 32.1. The first-order valence-electron chi connectivity index (χ1n) is 6.02. The van der Waals surface area contributed by atoms with Gasteiger partial charge in [0.2, 0.25) is 0 Å². The first-order valence-corrected chi connectivity index (χ1v) is 6.43. The van der Waals surface area contributed by atoms with Crippen molar-refractivity contribution in [1.82, 2.24) is 0 Å². The van der Waals surface area contributed by atoms with Crippen molar-refractivity contribution < 1.29 is 8.78 Å². The monoisotopic (exact) mass is 292 g/mol. The molecule has 2 nitrogen and oxygen atoms in total. The average molecular weight is 292 g/mol. The van der Waals surface area contributed by atoms with E-state index in [1.807, 2.05) is 0 Å². The third-order valence-corrected chi connectivity index (χ3v) is 3.16. The van der Waals surface area contributed by atoms with Crippen LogP contribution in [0.15, 0.2) is 42.5 Å². The van der Waals surface area contributed by atoms with Crippen LogP contribution in [0.25, 0.3) is 0 Å². The number of nitrogens with two attached hydrogens (primary N) is 1. The predicted octanol–water partition coefficient (Wildman–Crippen LogP) is 3.24. The number of rotatable bonds is 4. The standard InChI is InChI=1S/C15H14F2N2S/c1-19(14-5-3-2-4-13(14)17)9-10-6-11(15(18)20)8-12(16)7-10/h2-8H,9H2,1H3,(H2,18,20). The lowest BCUT2D eigenvalue weighted by molar-refractivity contribution is 0.619. The summed E-state index contributed by atoms with van der Waals surface area (Å²) >= 11 is 4.85. The molecule has 0 fully saturated rings. The van der Waals surface area contributed by atoms with E-state index in [9.17, 15) is 8.78 Å². The Hall–Kier alpha value is -2.01. The van der Waals surface area contributed by atoms with E-state index in [2.05, 4.69) is 0 Å². The van der Waals surface area contributed by atoms with Crippen molar-refractivity contribution in [2.45, 2.75) is 6.54 Å². The molecule has 0 bridgehead atoms. The maximum Gasteiger partial charge on any atom is 0.146 e. The van der Waals surface area contributed by atoms with Crippen LogP contribution in [0, 0.1) is 11.6 Å². The normalized spacial score (nSPS) is 10.3. The number of hydrogen-bond donors (Lipinski definition) is 1. The van der Waals surface area contributed by atoms with Crippen molar-refractivity contribution in [3.63, 3.8) is 0 Å². The van der Waals surface area contributed by atoms with E-state index in [1.165, 1.54) is 18.2 Å². The van der Waals surface area contributed by atoms with Gasteiger partial charge in [-0.2, -0.15) is 0 Å². The predicted molar refractivity (Wildman–Crippen MR) is 80.8 cm³/mol. The van der Waals surface area contributed by atoms with Gasteiger partial charge in [0, 0.05) is 19.2 Å². The van der Waals surface area contributed by atoms with Crippen LogP contribution in [0.3, 0.4) is 0 Å². The Morgan fingerprint density at radius 2 is 1.90 bits per heavy atom. The van der Waals surface area contributed by atoms with E-state index in [4.69, 9.17) is 18.0 Å². The first kappa shape index (κ1) is 14.4. The second-order valence-electron chi connectivity index (χ2n) is 4.52. The fraction of sp³-hybridized carbons (Fsp3) is 0.133. The quantitative estimate of drug-likeness (QED) is 0.877. The highest BCUT2D eigenvalue weighted by Gasteiger charge is 2.09. The third-order valence-electron chi connectivity index (χ3n) is 2.93. The maximum atomic E-state index is 13.7. The number of hydrogen-bond acceptors (Lipinski definition) is 2. The largest absolute Gasteiger partial charge is 0.389 e. The molecule has 2 aromatic carbocycles. The lowest BCUT2D eigenvalue weighted by Gasteiger charge is -2.20. The number of anilines is 1. The minimum atomic E-state index is -0.410. The third kappa shape index (κ3) is 3.30. The van der Waals surface area contributed by atoms with Gasteiger partial charge in [-0.1, -0.05) is 24.4 Å². The van der Waals surface area contributed by atoms with Gasteiger partial charge in [0.15, 0.2) is 0 Å². The number of para-hydroxylation sites is 1. The molecular weight excluding hydrogens is 278 g/mol. The van der Waals surface area contributed by atoms with Crippen molar-refractivity contribution in [3.05, 3.63) is 65.2 Å². The number of benzene rings is 2. The molecule has 0 heterocycles. The summed E-state index contributed by atoms with van der Waals surface area (Å²) in [6.45, 7) is 0.355. The highest BCUT2D eigenvalue weighted by molar-refractivity contribution is 7.80. The molecule has 0 aliphatic rings. The molecule has 0 saturated heterocycles. The Morgan fingerprint density at radius 1 is 1.20 bits per heavy atom. The lowest BCUT2D eigenvalue weighted by Crippen LogP contribution is -2.18. The molecule has 0 atom stereocenters. The van der Waals surface area contributed by atoms with Gasteiger partial charge >= 0.3 is 0 Å². The number of halogens is 2. The van der Waals surface area contributed by atoms with Crippen LogP contribution in [-0.2, 0) is 6.54 Å². The molecule has 0 amide bonds. The van der Waals surface area contributed by atoms with Crippen molar-refractivity contribution in [3.8, 4) is 0 Å². The number of thiocarbonyl (C=S) groups is 1. The molecule has 0 saturated carbocycles. The SMILES string of the molecule is CN(Cc1cc(F)cc(C(N)=S)c1)c1ccccc1F. The van der Waals surface area contributed by atoms with Crippen LogP contribution in [0.5, 0.6) is 0 Å². The molecule has 0 radical (unpaired) electrons. The average Bonchev–Trinajstić information content (AvgIpc) is 2.38. The van der Waals surface area contributed by atoms with Crippen LogP contribution < -0.4 is 10.6 Å². The lowest BCUT2D eigenvalue weighted by atomic mass is 10.1. The van der Waals surface area contributed by atoms with Crippen molar-refractivity contribution in [1.29, 1.82) is 0 Å². The van der Waals surface area contributed by atoms with Crippen molar-refractivity contribution >= 4 is 22.9 Å². The summed E-state index contributed by atoms with van der Waals surface area (Å²) in [6.07, 6.45) is 0. The summed E-state index contributed by atoms with van der Waals surface area (Å²) in [5.41, 5.74) is 7.11. The molecule has 5 heteroatoms. The summed E-state index contributed by atoms with van der Waals surface area (Å²) in [5, 5.41) is 0. The molecule has 2 rings (SSSR count). The zero-order valence-corrected chi connectivity index (χ0v) is 11.8. The molecule has 104 valence electrons. The zero-order chi connectivity index (χ0) is 14.7. The molecule has 2 N–H and O–H groups in total. The molecule has 0 aliphatic carbocycles. The summed E-state index contributed by atoms with van der Waals surface area (Å²) in [6, 6.07) is 10.8. The second kappa shape index (κ2) is 5.96. The second-order valence-corrected chi connectivity index (χ2v) is 4.96. The van der Waals surface area contributed by atoms with E-state index in [-0.39, 0.29) is 10.8 Å². The Balaban J connectivity index is 2.26. The van der Waals surface area contributed by atoms with E-state index in [0.29, 0.717) is 23.4 Å². The minimum absolute atomic E-state index is 0.138. The van der Waals surface area contributed by atoms with Gasteiger partial charge in [-0.15, -0.1) is 0 Å². The van der Waals surface area contributed by atoms with Gasteiger partial charge < -0.3 is 10.6 Å². The van der Waals surface area contributed by atoms with Gasteiger partial charge in [0.05, 0.1) is 5.69 Å². The van der Waals surface area contributed by atoms with Gasteiger partial charge in [0.1, 0.15) is 16.6 Å². The van der Waals surface area contributed by atoms with Crippen LogP contribution in [0.1, 0.15) is 11.1 Å². The molecule has 0 unspecified atom stereocenters. The molecule has 2 aromatic rings. The molecule has 0 spiro atoms. The van der Waals surface area contributed by atoms with Crippen LogP contribution in [-0.4, -0.2) is 12.0 Å². The maximum absolute atomic E-state index is 13.7. The summed E-state index contributed by atoms with van der Waals surface area (Å²) in [5.74, 6) is -0.729. The smallest absolute Gasteiger partial charge is 0.146 e. The fourth-order valence-corrected chi connectivity index (χ4v) is 2.12. The van der Waals surface area contributed by atoms with Gasteiger partial charge in [-0.3, -0.25) is 0 Å². The van der Waals surface area contributed by atoms with E-state index in [1.54, 1.807) is 36.2 Å². The zero-order valence-electron chi connectivity index (χ0n) is 10.9. The van der Waals surface area contributed by atoms with Gasteiger partial charge in [0.25, 0.3) is 0 Å². The first-order chi connectivity index (χ1) is 9.47. The van der Waals surface area contributed by atoms with Crippen molar-refractivity contribution in [2.75, 3.05) is 11.9 Å². The Kier molecular flexibility index (Phi) is 4.29. The summed E-state index contributed by atoms with van der Waals surface area (Å²) in [4.78, 5) is 1.84. The van der Waals surface area contributed by atoms with Crippen molar-refractivity contribution in [2.24, 2.45) is 5.73 Å². The van der Waals surface area contributed by atoms with Gasteiger partial charge in [-0.05, 0) is 35.9 Å². The molecule has 0 aromatic heterocycles. The van der Waals surface area contributed by atoms with Crippen LogP contribution >= 0.6 is 12.2 Å². The van der Waals surface area contributed by atoms with Crippen LogP contribution in [0.2, 0.25) is 0 Å². The Morgan fingerprint density at radius 3 is 2.55 bits per heavy atom. The molecule has 20 heavy (non-hydrogen) atoms. The highest BCUT2D eigenvalue weighted by Crippen LogP contribution is 2.20. The Bertz CT molecular complexity index is 644. The van der Waals surface area contributed by atoms with E-state index >= 15 is 0 Å². The molecule has 0 aliphatic heterocycles. The summed E-state index contributed by atoms with van der Waals surface area (Å²) < 4.78 is 27.2. The van der Waals surface area contributed by atoms with Crippen LogP contribution in [0.4, 0.5) is 14.5 Å².